The molecule has 1 N–H and O–H groups in total. The van der Waals surface area contributed by atoms with Crippen LogP contribution in [0.15, 0.2) is 48.5 Å². The fourth-order valence-electron chi connectivity index (χ4n) is 2.08. The number of ether oxygens (including phenoxy) is 2. The van der Waals surface area contributed by atoms with Crippen molar-refractivity contribution in [3.8, 4) is 17.6 Å². The number of rotatable bonds is 7. The van der Waals surface area contributed by atoms with Gasteiger partial charge in [0.05, 0.1) is 7.11 Å². The van der Waals surface area contributed by atoms with E-state index in [2.05, 4.69) is 5.32 Å². The minimum Gasteiger partial charge on any atom is -0.496 e. The minimum atomic E-state index is 0.0590. The van der Waals surface area contributed by atoms with Crippen LogP contribution in [0.4, 0.5) is 0 Å². The summed E-state index contributed by atoms with van der Waals surface area (Å²) in [4.78, 5) is 0. The van der Waals surface area contributed by atoms with E-state index in [9.17, 15) is 0 Å². The van der Waals surface area contributed by atoms with Crippen molar-refractivity contribution in [2.45, 2.75) is 13.1 Å². The maximum absolute atomic E-state index is 8.60. The first-order valence-corrected chi connectivity index (χ1v) is 6.75. The normalized spacial score (nSPS) is 9.90. The number of nitrogens with one attached hydrogen (secondary N) is 1. The van der Waals surface area contributed by atoms with Crippen LogP contribution in [0.3, 0.4) is 0 Å². The van der Waals surface area contributed by atoms with Gasteiger partial charge in [-0.05, 0) is 12.1 Å². The van der Waals surface area contributed by atoms with Gasteiger partial charge < -0.3 is 14.8 Å². The monoisotopic (exact) mass is 282 g/mol. The Balaban J connectivity index is 1.96. The highest BCUT2D eigenvalue weighted by molar-refractivity contribution is 5.35. The van der Waals surface area contributed by atoms with Gasteiger partial charge in [0, 0.05) is 24.2 Å². The highest BCUT2D eigenvalue weighted by Crippen LogP contribution is 2.19. The Hall–Kier alpha value is -2.51. The molecule has 2 rings (SSSR count). The zero-order valence-corrected chi connectivity index (χ0v) is 12.0. The third kappa shape index (κ3) is 4.23. The molecule has 0 atom stereocenters. The zero-order chi connectivity index (χ0) is 14.9. The fourth-order valence-corrected chi connectivity index (χ4v) is 2.08. The van der Waals surface area contributed by atoms with Gasteiger partial charge in [0.25, 0.3) is 0 Å². The van der Waals surface area contributed by atoms with Crippen molar-refractivity contribution in [3.05, 3.63) is 59.7 Å². The Morgan fingerprint density at radius 2 is 1.52 bits per heavy atom. The number of para-hydroxylation sites is 2. The van der Waals surface area contributed by atoms with Crippen molar-refractivity contribution in [2.75, 3.05) is 13.7 Å². The first-order chi connectivity index (χ1) is 10.3. The smallest absolute Gasteiger partial charge is 0.174 e. The molecule has 0 aliphatic heterocycles. The van der Waals surface area contributed by atoms with E-state index in [0.29, 0.717) is 13.1 Å². The number of benzene rings is 2. The Morgan fingerprint density at radius 1 is 0.952 bits per heavy atom. The van der Waals surface area contributed by atoms with Gasteiger partial charge in [0.1, 0.15) is 17.6 Å². The summed E-state index contributed by atoms with van der Waals surface area (Å²) in [5.74, 6) is 1.62. The quantitative estimate of drug-likeness (QED) is 0.848. The number of nitrogens with zero attached hydrogens (tertiary/aromatic N) is 1. The van der Waals surface area contributed by atoms with Crippen molar-refractivity contribution in [1.82, 2.24) is 5.32 Å². The second kappa shape index (κ2) is 7.93. The van der Waals surface area contributed by atoms with Crippen LogP contribution < -0.4 is 14.8 Å². The fraction of sp³-hybridized carbons (Fsp3) is 0.235. The molecular formula is C17H18N2O2. The lowest BCUT2D eigenvalue weighted by molar-refractivity contribution is 0.362. The Morgan fingerprint density at radius 3 is 2.14 bits per heavy atom. The topological polar surface area (TPSA) is 54.3 Å². The SMILES string of the molecule is COc1ccccc1CNCc1ccccc1OCC#N. The number of hydrogen-bond donors (Lipinski definition) is 1. The van der Waals surface area contributed by atoms with Gasteiger partial charge in [0.2, 0.25) is 0 Å². The Bertz CT molecular complexity index is 620. The van der Waals surface area contributed by atoms with Gasteiger partial charge in [0.15, 0.2) is 6.61 Å². The average Bonchev–Trinajstić information content (AvgIpc) is 2.54. The van der Waals surface area contributed by atoms with E-state index in [0.717, 1.165) is 22.6 Å². The predicted octanol–water partition coefficient (Wildman–Crippen LogP) is 2.89. The Kier molecular flexibility index (Phi) is 5.62. The Labute approximate surface area is 124 Å². The molecule has 0 fully saturated rings. The van der Waals surface area contributed by atoms with E-state index in [-0.39, 0.29) is 6.61 Å². The molecule has 0 saturated heterocycles. The van der Waals surface area contributed by atoms with E-state index >= 15 is 0 Å². The molecule has 0 spiro atoms. The average molecular weight is 282 g/mol. The van der Waals surface area contributed by atoms with Crippen molar-refractivity contribution < 1.29 is 9.47 Å². The first kappa shape index (κ1) is 14.9. The van der Waals surface area contributed by atoms with Crippen LogP contribution in [-0.4, -0.2) is 13.7 Å². The third-order valence-corrected chi connectivity index (χ3v) is 3.09. The van der Waals surface area contributed by atoms with Crippen LogP contribution in [0.5, 0.6) is 11.5 Å². The van der Waals surface area contributed by atoms with E-state index < -0.39 is 0 Å². The lowest BCUT2D eigenvalue weighted by Crippen LogP contribution is -2.14. The molecule has 108 valence electrons. The molecule has 0 amide bonds. The largest absolute Gasteiger partial charge is 0.496 e. The van der Waals surface area contributed by atoms with Gasteiger partial charge in [-0.3, -0.25) is 0 Å². The zero-order valence-electron chi connectivity index (χ0n) is 12.0. The van der Waals surface area contributed by atoms with Crippen molar-refractivity contribution in [3.63, 3.8) is 0 Å². The standard InChI is InChI=1S/C17H18N2O2/c1-20-16-8-4-2-6-14(16)12-19-13-15-7-3-5-9-17(15)21-11-10-18/h2-9,19H,11-13H2,1H3. The molecule has 0 saturated carbocycles. The summed E-state index contributed by atoms with van der Waals surface area (Å²) in [6.07, 6.45) is 0. The molecule has 0 radical (unpaired) electrons. The molecule has 0 aromatic heterocycles. The second-order valence-corrected chi connectivity index (χ2v) is 4.47. The molecule has 0 aliphatic carbocycles. The van der Waals surface area contributed by atoms with Gasteiger partial charge in [-0.2, -0.15) is 5.26 Å². The molecule has 2 aromatic carbocycles. The van der Waals surface area contributed by atoms with Gasteiger partial charge in [-0.25, -0.2) is 0 Å². The highest BCUT2D eigenvalue weighted by atomic mass is 16.5. The first-order valence-electron chi connectivity index (χ1n) is 6.75. The lowest BCUT2D eigenvalue weighted by Gasteiger charge is -2.12. The maximum atomic E-state index is 8.60. The summed E-state index contributed by atoms with van der Waals surface area (Å²) < 4.78 is 10.7. The van der Waals surface area contributed by atoms with Crippen molar-refractivity contribution in [2.24, 2.45) is 0 Å². The highest BCUT2D eigenvalue weighted by Gasteiger charge is 2.04. The van der Waals surface area contributed by atoms with Crippen LogP contribution in [0.2, 0.25) is 0 Å². The summed E-state index contributed by atoms with van der Waals surface area (Å²) in [6, 6.07) is 17.6. The molecule has 0 bridgehead atoms. The predicted molar refractivity (Wildman–Crippen MR) is 81.1 cm³/mol. The maximum Gasteiger partial charge on any atom is 0.174 e. The lowest BCUT2D eigenvalue weighted by atomic mass is 10.1. The molecule has 0 unspecified atom stereocenters. The summed E-state index contributed by atoms with van der Waals surface area (Å²) in [5, 5.41) is 12.0. The van der Waals surface area contributed by atoms with Gasteiger partial charge >= 0.3 is 0 Å². The van der Waals surface area contributed by atoms with E-state index in [1.54, 1.807) is 7.11 Å². The molecule has 21 heavy (non-hydrogen) atoms. The number of hydrogen-bond acceptors (Lipinski definition) is 4. The van der Waals surface area contributed by atoms with E-state index in [1.807, 2.05) is 54.6 Å². The number of methoxy groups -OCH3 is 1. The van der Waals surface area contributed by atoms with Crippen LogP contribution in [0, 0.1) is 11.3 Å². The van der Waals surface area contributed by atoms with Crippen LogP contribution >= 0.6 is 0 Å². The van der Waals surface area contributed by atoms with Crippen molar-refractivity contribution in [1.29, 1.82) is 5.26 Å². The summed E-state index contributed by atoms with van der Waals surface area (Å²) >= 11 is 0. The molecule has 2 aromatic rings. The van der Waals surface area contributed by atoms with Gasteiger partial charge in [-0.15, -0.1) is 0 Å². The van der Waals surface area contributed by atoms with Crippen molar-refractivity contribution >= 4 is 0 Å². The summed E-state index contributed by atoms with van der Waals surface area (Å²) in [5.41, 5.74) is 2.14. The summed E-state index contributed by atoms with van der Waals surface area (Å²) in [6.45, 7) is 1.43. The van der Waals surface area contributed by atoms with Crippen LogP contribution in [-0.2, 0) is 13.1 Å². The third-order valence-electron chi connectivity index (χ3n) is 3.09. The minimum absolute atomic E-state index is 0.0590. The second-order valence-electron chi connectivity index (χ2n) is 4.47. The molecule has 4 heteroatoms. The molecular weight excluding hydrogens is 264 g/mol. The van der Waals surface area contributed by atoms with Crippen LogP contribution in [0.25, 0.3) is 0 Å². The molecule has 4 nitrogen and oxygen atoms in total. The number of nitriles is 1. The molecule has 0 heterocycles. The van der Waals surface area contributed by atoms with Gasteiger partial charge in [-0.1, -0.05) is 36.4 Å². The summed E-state index contributed by atoms with van der Waals surface area (Å²) in [7, 11) is 1.67. The van der Waals surface area contributed by atoms with E-state index in [4.69, 9.17) is 14.7 Å². The van der Waals surface area contributed by atoms with E-state index in [1.165, 1.54) is 0 Å². The van der Waals surface area contributed by atoms with Crippen LogP contribution in [0.1, 0.15) is 11.1 Å². The molecule has 0 aliphatic rings.